The van der Waals surface area contributed by atoms with Crippen LogP contribution < -0.4 is 11.1 Å². The van der Waals surface area contributed by atoms with Crippen molar-refractivity contribution in [3.8, 4) is 0 Å². The van der Waals surface area contributed by atoms with Crippen LogP contribution >= 0.6 is 0 Å². The predicted octanol–water partition coefficient (Wildman–Crippen LogP) is 0.904. The molecule has 0 saturated heterocycles. The molecule has 0 aromatic heterocycles. The molecule has 1 unspecified atom stereocenters. The number of hydrogen-bond donors (Lipinski definition) is 2. The third-order valence-corrected chi connectivity index (χ3v) is 2.28. The summed E-state index contributed by atoms with van der Waals surface area (Å²) in [5.74, 6) is 0.387. The number of ether oxygens (including phenoxy) is 1. The van der Waals surface area contributed by atoms with E-state index in [2.05, 4.69) is 5.32 Å². The Bertz CT molecular complexity index is 163. The maximum Gasteiger partial charge on any atom is 0.220 e. The molecule has 0 aliphatic rings. The summed E-state index contributed by atoms with van der Waals surface area (Å²) in [4.78, 5) is 11.3. The van der Waals surface area contributed by atoms with E-state index in [1.54, 1.807) is 7.11 Å². The van der Waals surface area contributed by atoms with E-state index in [-0.39, 0.29) is 11.8 Å². The molecule has 0 aromatic rings. The number of unbranched alkanes of at least 4 members (excludes halogenated alkanes) is 2. The Labute approximate surface area is 92.6 Å². The van der Waals surface area contributed by atoms with Crippen LogP contribution in [0.3, 0.4) is 0 Å². The molecular weight excluding hydrogens is 192 g/mol. The second-order valence-electron chi connectivity index (χ2n) is 3.95. The molecule has 0 spiro atoms. The Balaban J connectivity index is 3.24. The highest BCUT2D eigenvalue weighted by molar-refractivity contribution is 5.76. The molecule has 4 nitrogen and oxygen atoms in total. The Hall–Kier alpha value is -0.610. The molecule has 0 aliphatic heterocycles. The lowest BCUT2D eigenvalue weighted by Crippen LogP contribution is -2.27. The van der Waals surface area contributed by atoms with Crippen molar-refractivity contribution >= 4 is 5.91 Å². The van der Waals surface area contributed by atoms with Gasteiger partial charge in [-0.15, -0.1) is 0 Å². The summed E-state index contributed by atoms with van der Waals surface area (Å²) < 4.78 is 4.94. The van der Waals surface area contributed by atoms with Crippen LogP contribution in [-0.2, 0) is 9.53 Å². The van der Waals surface area contributed by atoms with Gasteiger partial charge in [-0.3, -0.25) is 4.79 Å². The van der Waals surface area contributed by atoms with Crippen LogP contribution in [0, 0.1) is 5.92 Å². The van der Waals surface area contributed by atoms with Gasteiger partial charge in [-0.05, 0) is 31.7 Å². The summed E-state index contributed by atoms with van der Waals surface area (Å²) in [5, 5.41) is 2.89. The average Bonchev–Trinajstić information content (AvgIpc) is 2.23. The molecule has 0 saturated carbocycles. The molecular formula is C11H24N2O2. The van der Waals surface area contributed by atoms with E-state index in [4.69, 9.17) is 10.5 Å². The highest BCUT2D eigenvalue weighted by atomic mass is 16.5. The molecule has 90 valence electrons. The van der Waals surface area contributed by atoms with Gasteiger partial charge >= 0.3 is 0 Å². The van der Waals surface area contributed by atoms with Crippen LogP contribution in [0.1, 0.15) is 32.6 Å². The molecule has 1 atom stereocenters. The van der Waals surface area contributed by atoms with Crippen LogP contribution in [0.15, 0.2) is 0 Å². The van der Waals surface area contributed by atoms with Crippen molar-refractivity contribution in [2.75, 3.05) is 26.8 Å². The monoisotopic (exact) mass is 216 g/mol. The number of amides is 1. The first-order valence-corrected chi connectivity index (χ1v) is 5.66. The molecule has 15 heavy (non-hydrogen) atoms. The number of rotatable bonds is 9. The molecule has 0 rings (SSSR count). The highest BCUT2D eigenvalue weighted by Gasteiger charge is 2.05. The molecule has 3 N–H and O–H groups in total. The fourth-order valence-electron chi connectivity index (χ4n) is 1.25. The zero-order valence-corrected chi connectivity index (χ0v) is 9.92. The Morgan fingerprint density at radius 3 is 2.73 bits per heavy atom. The number of carbonyl (C=O) groups excluding carboxylic acids is 1. The van der Waals surface area contributed by atoms with Crippen molar-refractivity contribution in [2.45, 2.75) is 32.6 Å². The lowest BCUT2D eigenvalue weighted by atomic mass is 10.1. The standard InChI is InChI=1S/C11H24N2O2/c1-10(9-12)8-11(14)13-6-4-3-5-7-15-2/h10H,3-9,12H2,1-2H3,(H,13,14). The van der Waals surface area contributed by atoms with Gasteiger partial charge in [0.05, 0.1) is 0 Å². The van der Waals surface area contributed by atoms with Crippen LogP contribution in [0.2, 0.25) is 0 Å². The smallest absolute Gasteiger partial charge is 0.220 e. The maximum absolute atomic E-state index is 11.3. The van der Waals surface area contributed by atoms with E-state index in [9.17, 15) is 4.79 Å². The van der Waals surface area contributed by atoms with E-state index in [0.29, 0.717) is 13.0 Å². The fourth-order valence-corrected chi connectivity index (χ4v) is 1.25. The number of nitrogens with two attached hydrogens (primary N) is 1. The average molecular weight is 216 g/mol. The topological polar surface area (TPSA) is 64.3 Å². The molecule has 0 aromatic carbocycles. The first-order chi connectivity index (χ1) is 7.20. The number of carbonyl (C=O) groups is 1. The SMILES string of the molecule is COCCCCCNC(=O)CC(C)CN. The summed E-state index contributed by atoms with van der Waals surface area (Å²) in [6, 6.07) is 0. The first-order valence-electron chi connectivity index (χ1n) is 5.66. The number of methoxy groups -OCH3 is 1. The maximum atomic E-state index is 11.3. The van der Waals surface area contributed by atoms with Crippen molar-refractivity contribution < 1.29 is 9.53 Å². The predicted molar refractivity (Wildman–Crippen MR) is 61.6 cm³/mol. The molecule has 0 radical (unpaired) electrons. The van der Waals surface area contributed by atoms with E-state index >= 15 is 0 Å². The van der Waals surface area contributed by atoms with Crippen molar-refractivity contribution in [1.29, 1.82) is 0 Å². The zero-order valence-electron chi connectivity index (χ0n) is 9.92. The molecule has 0 bridgehead atoms. The third-order valence-electron chi connectivity index (χ3n) is 2.28. The minimum absolute atomic E-state index is 0.111. The van der Waals surface area contributed by atoms with Gasteiger partial charge in [-0.25, -0.2) is 0 Å². The summed E-state index contributed by atoms with van der Waals surface area (Å²) in [5.41, 5.74) is 5.44. The van der Waals surface area contributed by atoms with Crippen molar-refractivity contribution in [2.24, 2.45) is 11.7 Å². The lowest BCUT2D eigenvalue weighted by Gasteiger charge is -2.08. The number of nitrogens with one attached hydrogen (secondary N) is 1. The van der Waals surface area contributed by atoms with Gasteiger partial charge in [0.1, 0.15) is 0 Å². The van der Waals surface area contributed by atoms with E-state index < -0.39 is 0 Å². The first kappa shape index (κ1) is 14.4. The summed E-state index contributed by atoms with van der Waals surface area (Å²) in [6.07, 6.45) is 3.72. The van der Waals surface area contributed by atoms with E-state index in [1.807, 2.05) is 6.92 Å². The van der Waals surface area contributed by atoms with Gasteiger partial charge in [0.25, 0.3) is 0 Å². The molecule has 0 fully saturated rings. The highest BCUT2D eigenvalue weighted by Crippen LogP contribution is 1.98. The van der Waals surface area contributed by atoms with Crippen LogP contribution in [-0.4, -0.2) is 32.7 Å². The van der Waals surface area contributed by atoms with Gasteiger partial charge < -0.3 is 15.8 Å². The second-order valence-corrected chi connectivity index (χ2v) is 3.95. The van der Waals surface area contributed by atoms with Gasteiger partial charge in [-0.2, -0.15) is 0 Å². The second kappa shape index (κ2) is 9.93. The Morgan fingerprint density at radius 1 is 1.40 bits per heavy atom. The van der Waals surface area contributed by atoms with E-state index in [1.165, 1.54) is 0 Å². The molecule has 0 aliphatic carbocycles. The summed E-state index contributed by atoms with van der Waals surface area (Å²) in [6.45, 7) is 4.12. The van der Waals surface area contributed by atoms with Gasteiger partial charge in [0, 0.05) is 26.7 Å². The van der Waals surface area contributed by atoms with Crippen LogP contribution in [0.4, 0.5) is 0 Å². The lowest BCUT2D eigenvalue weighted by molar-refractivity contribution is -0.121. The zero-order chi connectivity index (χ0) is 11.5. The largest absolute Gasteiger partial charge is 0.385 e. The molecule has 4 heteroatoms. The minimum atomic E-state index is 0.111. The summed E-state index contributed by atoms with van der Waals surface area (Å²) in [7, 11) is 1.70. The fraction of sp³-hybridized carbons (Fsp3) is 0.909. The van der Waals surface area contributed by atoms with Gasteiger partial charge in [-0.1, -0.05) is 6.92 Å². The summed E-state index contributed by atoms with van der Waals surface area (Å²) >= 11 is 0. The van der Waals surface area contributed by atoms with Crippen molar-refractivity contribution in [3.63, 3.8) is 0 Å². The van der Waals surface area contributed by atoms with Gasteiger partial charge in [0.2, 0.25) is 5.91 Å². The van der Waals surface area contributed by atoms with Gasteiger partial charge in [0.15, 0.2) is 0 Å². The Morgan fingerprint density at radius 2 is 2.13 bits per heavy atom. The minimum Gasteiger partial charge on any atom is -0.385 e. The van der Waals surface area contributed by atoms with Crippen LogP contribution in [0.5, 0.6) is 0 Å². The van der Waals surface area contributed by atoms with Crippen molar-refractivity contribution in [1.82, 2.24) is 5.32 Å². The van der Waals surface area contributed by atoms with Crippen LogP contribution in [0.25, 0.3) is 0 Å². The quantitative estimate of drug-likeness (QED) is 0.563. The molecule has 0 heterocycles. The normalized spacial score (nSPS) is 12.5. The van der Waals surface area contributed by atoms with E-state index in [0.717, 1.165) is 32.4 Å². The molecule has 1 amide bonds. The third kappa shape index (κ3) is 9.69. The van der Waals surface area contributed by atoms with Crippen molar-refractivity contribution in [3.05, 3.63) is 0 Å². The Kier molecular flexibility index (Phi) is 9.52. The number of hydrogen-bond acceptors (Lipinski definition) is 3.